The third kappa shape index (κ3) is 1.85. The van der Waals surface area contributed by atoms with Gasteiger partial charge in [-0.15, -0.1) is 0 Å². The summed E-state index contributed by atoms with van der Waals surface area (Å²) in [6.07, 6.45) is 12.4. The quantitative estimate of drug-likeness (QED) is 0.871. The molecule has 3 saturated carbocycles. The van der Waals surface area contributed by atoms with Crippen LogP contribution in [-0.2, 0) is 0 Å². The van der Waals surface area contributed by atoms with E-state index in [-0.39, 0.29) is 0 Å². The molecule has 2 N–H and O–H groups in total. The standard InChI is InChI=1S/C16H25N3/c1-2-14(16-17-6-7-18-16)19-15-9-10-8-13(15)12-5-3-4-11(10)12/h6-7,10-15,19H,2-5,8-9H2,1H3,(H,17,18). The van der Waals surface area contributed by atoms with Gasteiger partial charge in [-0.3, -0.25) is 0 Å². The average Bonchev–Trinajstić information content (AvgIpc) is 3.14. The maximum absolute atomic E-state index is 4.44. The summed E-state index contributed by atoms with van der Waals surface area (Å²) in [4.78, 5) is 7.72. The molecule has 1 aromatic heterocycles. The van der Waals surface area contributed by atoms with Gasteiger partial charge < -0.3 is 10.3 Å². The Morgan fingerprint density at radius 3 is 3.00 bits per heavy atom. The normalized spacial score (nSPS) is 41.6. The van der Waals surface area contributed by atoms with E-state index in [2.05, 4.69) is 22.2 Å². The van der Waals surface area contributed by atoms with Crippen LogP contribution in [0.15, 0.2) is 12.4 Å². The number of aromatic amines is 1. The Balaban J connectivity index is 1.46. The van der Waals surface area contributed by atoms with Crippen molar-refractivity contribution in [3.63, 3.8) is 0 Å². The Kier molecular flexibility index (Phi) is 2.91. The SMILES string of the molecule is CCC(NC1CC2CC1C1CCCC21)c1ncc[nH]1. The van der Waals surface area contributed by atoms with Crippen LogP contribution in [0.4, 0.5) is 0 Å². The predicted molar refractivity (Wildman–Crippen MR) is 75.6 cm³/mol. The molecule has 0 radical (unpaired) electrons. The maximum atomic E-state index is 4.44. The minimum absolute atomic E-state index is 0.416. The molecule has 0 aromatic carbocycles. The lowest BCUT2D eigenvalue weighted by atomic mass is 9.79. The lowest BCUT2D eigenvalue weighted by Crippen LogP contribution is -2.41. The maximum Gasteiger partial charge on any atom is 0.123 e. The van der Waals surface area contributed by atoms with Crippen LogP contribution in [0.2, 0.25) is 0 Å². The molecular weight excluding hydrogens is 234 g/mol. The largest absolute Gasteiger partial charge is 0.347 e. The van der Waals surface area contributed by atoms with Crippen molar-refractivity contribution < 1.29 is 0 Å². The molecule has 3 aliphatic carbocycles. The van der Waals surface area contributed by atoms with Crippen LogP contribution in [0.25, 0.3) is 0 Å². The van der Waals surface area contributed by atoms with Gasteiger partial charge in [0.1, 0.15) is 5.82 Å². The number of fused-ring (bicyclic) bond motifs is 5. The molecule has 3 fully saturated rings. The van der Waals surface area contributed by atoms with Gasteiger partial charge in [-0.2, -0.15) is 0 Å². The Bertz CT molecular complexity index is 427. The van der Waals surface area contributed by atoms with Crippen molar-refractivity contribution >= 4 is 0 Å². The van der Waals surface area contributed by atoms with E-state index in [1.807, 2.05) is 12.4 Å². The van der Waals surface area contributed by atoms with Gasteiger partial charge in [0.05, 0.1) is 6.04 Å². The van der Waals surface area contributed by atoms with Crippen LogP contribution in [0.5, 0.6) is 0 Å². The zero-order valence-corrected chi connectivity index (χ0v) is 11.8. The first-order chi connectivity index (χ1) is 9.36. The zero-order valence-electron chi connectivity index (χ0n) is 11.8. The molecule has 0 amide bonds. The van der Waals surface area contributed by atoms with E-state index >= 15 is 0 Å². The topological polar surface area (TPSA) is 40.7 Å². The molecule has 4 rings (SSSR count). The van der Waals surface area contributed by atoms with Crippen molar-refractivity contribution in [1.82, 2.24) is 15.3 Å². The molecule has 3 heteroatoms. The second-order valence-electron chi connectivity index (χ2n) is 6.86. The van der Waals surface area contributed by atoms with E-state index in [1.54, 1.807) is 0 Å². The van der Waals surface area contributed by atoms with Crippen molar-refractivity contribution in [3.05, 3.63) is 18.2 Å². The highest BCUT2D eigenvalue weighted by Crippen LogP contribution is 2.58. The van der Waals surface area contributed by atoms with Crippen molar-refractivity contribution in [2.45, 2.75) is 57.5 Å². The molecule has 0 aliphatic heterocycles. The number of H-pyrrole nitrogens is 1. The third-order valence-corrected chi connectivity index (χ3v) is 6.10. The van der Waals surface area contributed by atoms with Crippen LogP contribution >= 0.6 is 0 Å². The summed E-state index contributed by atoms with van der Waals surface area (Å²) in [6.45, 7) is 2.26. The number of nitrogens with one attached hydrogen (secondary N) is 2. The number of nitrogens with zero attached hydrogens (tertiary/aromatic N) is 1. The number of imidazole rings is 1. The molecule has 104 valence electrons. The van der Waals surface area contributed by atoms with Crippen molar-refractivity contribution in [3.8, 4) is 0 Å². The second-order valence-corrected chi connectivity index (χ2v) is 6.86. The Hall–Kier alpha value is -0.830. The summed E-state index contributed by atoms with van der Waals surface area (Å²) in [5.41, 5.74) is 0. The van der Waals surface area contributed by atoms with Crippen LogP contribution in [0.3, 0.4) is 0 Å². The predicted octanol–water partition coefficient (Wildman–Crippen LogP) is 3.28. The van der Waals surface area contributed by atoms with E-state index in [4.69, 9.17) is 0 Å². The number of aromatic nitrogens is 2. The molecule has 6 unspecified atom stereocenters. The van der Waals surface area contributed by atoms with Crippen molar-refractivity contribution in [2.75, 3.05) is 0 Å². The smallest absolute Gasteiger partial charge is 0.123 e. The molecule has 1 heterocycles. The minimum atomic E-state index is 0.416. The fourth-order valence-electron chi connectivity index (χ4n) is 5.38. The van der Waals surface area contributed by atoms with Gasteiger partial charge in [0, 0.05) is 18.4 Å². The highest BCUT2D eigenvalue weighted by atomic mass is 15.0. The minimum Gasteiger partial charge on any atom is -0.347 e. The fourth-order valence-corrected chi connectivity index (χ4v) is 5.38. The van der Waals surface area contributed by atoms with Crippen LogP contribution in [0.1, 0.15) is 57.3 Å². The number of hydrogen-bond donors (Lipinski definition) is 2. The summed E-state index contributed by atoms with van der Waals surface area (Å²) in [5.74, 6) is 5.25. The van der Waals surface area contributed by atoms with Gasteiger partial charge in [-0.25, -0.2) is 4.98 Å². The van der Waals surface area contributed by atoms with Crippen molar-refractivity contribution in [2.24, 2.45) is 23.7 Å². The molecule has 3 nitrogen and oxygen atoms in total. The molecule has 1 aromatic rings. The van der Waals surface area contributed by atoms with E-state index in [1.165, 1.54) is 32.1 Å². The van der Waals surface area contributed by atoms with Crippen molar-refractivity contribution in [1.29, 1.82) is 0 Å². The first-order valence-corrected chi connectivity index (χ1v) is 8.12. The zero-order chi connectivity index (χ0) is 12.8. The summed E-state index contributed by atoms with van der Waals surface area (Å²) in [5, 5.41) is 3.92. The lowest BCUT2D eigenvalue weighted by Gasteiger charge is -2.34. The summed E-state index contributed by atoms with van der Waals surface area (Å²) in [7, 11) is 0. The van der Waals surface area contributed by atoms with Gasteiger partial charge in [0.15, 0.2) is 0 Å². The van der Waals surface area contributed by atoms with Crippen LogP contribution in [0, 0.1) is 23.7 Å². The molecule has 6 atom stereocenters. The first kappa shape index (κ1) is 12.0. The fraction of sp³-hybridized carbons (Fsp3) is 0.812. The highest BCUT2D eigenvalue weighted by molar-refractivity contribution is 5.07. The van der Waals surface area contributed by atoms with Gasteiger partial charge in [0.25, 0.3) is 0 Å². The van der Waals surface area contributed by atoms with E-state index < -0.39 is 0 Å². The van der Waals surface area contributed by atoms with E-state index in [9.17, 15) is 0 Å². The Labute approximate surface area is 115 Å². The van der Waals surface area contributed by atoms with Crippen LogP contribution < -0.4 is 5.32 Å². The monoisotopic (exact) mass is 259 g/mol. The van der Waals surface area contributed by atoms with Gasteiger partial charge in [-0.05, 0) is 55.8 Å². The molecular formula is C16H25N3. The van der Waals surface area contributed by atoms with E-state index in [0.29, 0.717) is 6.04 Å². The molecule has 3 aliphatic rings. The molecule has 2 bridgehead atoms. The Morgan fingerprint density at radius 2 is 2.21 bits per heavy atom. The number of rotatable bonds is 4. The highest BCUT2D eigenvalue weighted by Gasteiger charge is 2.53. The molecule has 0 saturated heterocycles. The summed E-state index contributed by atoms with van der Waals surface area (Å²) >= 11 is 0. The van der Waals surface area contributed by atoms with Gasteiger partial charge in [0.2, 0.25) is 0 Å². The second kappa shape index (κ2) is 4.62. The van der Waals surface area contributed by atoms with Crippen LogP contribution in [-0.4, -0.2) is 16.0 Å². The average molecular weight is 259 g/mol. The summed E-state index contributed by atoms with van der Waals surface area (Å²) < 4.78 is 0. The van der Waals surface area contributed by atoms with E-state index in [0.717, 1.165) is 42.0 Å². The third-order valence-electron chi connectivity index (χ3n) is 6.10. The Morgan fingerprint density at radius 1 is 1.32 bits per heavy atom. The van der Waals surface area contributed by atoms with Gasteiger partial charge >= 0.3 is 0 Å². The molecule has 0 spiro atoms. The summed E-state index contributed by atoms with van der Waals surface area (Å²) in [6, 6.07) is 1.17. The van der Waals surface area contributed by atoms with Gasteiger partial charge in [-0.1, -0.05) is 13.3 Å². The first-order valence-electron chi connectivity index (χ1n) is 8.12. The molecule has 19 heavy (non-hydrogen) atoms. The lowest BCUT2D eigenvalue weighted by molar-refractivity contribution is 0.195. The number of hydrogen-bond acceptors (Lipinski definition) is 2.